The van der Waals surface area contributed by atoms with Gasteiger partial charge in [0, 0.05) is 0 Å². The largest absolute Gasteiger partial charge is 0.398 e. The van der Waals surface area contributed by atoms with Gasteiger partial charge in [-0.3, -0.25) is 0 Å². The minimum absolute atomic E-state index is 0.171. The van der Waals surface area contributed by atoms with Crippen molar-refractivity contribution in [1.29, 1.82) is 0 Å². The summed E-state index contributed by atoms with van der Waals surface area (Å²) in [6, 6.07) is 1.64. The summed E-state index contributed by atoms with van der Waals surface area (Å²) in [6.07, 6.45) is 0. The molecule has 0 aliphatic heterocycles. The normalized spacial score (nSPS) is 11.6. The van der Waals surface area contributed by atoms with E-state index in [0.29, 0.717) is 6.07 Å². The van der Waals surface area contributed by atoms with Crippen LogP contribution in [0.3, 0.4) is 0 Å². The van der Waals surface area contributed by atoms with Gasteiger partial charge in [-0.05, 0) is 24.6 Å². The lowest BCUT2D eigenvalue weighted by Gasteiger charge is -2.02. The standard InChI is InChI=1S/C7H7F2NO2S/c1-4-2-6(10)7(3-5(4)8)13(9,11)12/h2-3H,10H2,1H3. The van der Waals surface area contributed by atoms with Gasteiger partial charge in [-0.2, -0.15) is 8.42 Å². The number of benzene rings is 1. The third-order valence-electron chi connectivity index (χ3n) is 1.55. The van der Waals surface area contributed by atoms with Gasteiger partial charge >= 0.3 is 10.2 Å². The van der Waals surface area contributed by atoms with E-state index in [1.54, 1.807) is 0 Å². The molecule has 0 bridgehead atoms. The fourth-order valence-corrected chi connectivity index (χ4v) is 1.48. The summed E-state index contributed by atoms with van der Waals surface area (Å²) in [4.78, 5) is -0.824. The van der Waals surface area contributed by atoms with E-state index in [0.717, 1.165) is 6.07 Å². The first-order chi connectivity index (χ1) is 5.82. The molecule has 6 heteroatoms. The minimum atomic E-state index is -4.94. The summed E-state index contributed by atoms with van der Waals surface area (Å²) in [5.41, 5.74) is 5.07. The van der Waals surface area contributed by atoms with Crippen LogP contribution in [0.1, 0.15) is 5.56 Å². The van der Waals surface area contributed by atoms with E-state index in [2.05, 4.69) is 0 Å². The number of nitrogens with two attached hydrogens (primary N) is 1. The van der Waals surface area contributed by atoms with Crippen molar-refractivity contribution in [3.8, 4) is 0 Å². The van der Waals surface area contributed by atoms with Crippen molar-refractivity contribution in [3.63, 3.8) is 0 Å². The second kappa shape index (κ2) is 2.95. The van der Waals surface area contributed by atoms with Crippen LogP contribution in [0.5, 0.6) is 0 Å². The summed E-state index contributed by atoms with van der Waals surface area (Å²) < 4.78 is 46.0. The van der Waals surface area contributed by atoms with E-state index in [4.69, 9.17) is 5.73 Å². The van der Waals surface area contributed by atoms with Crippen LogP contribution in [0.4, 0.5) is 14.0 Å². The van der Waals surface area contributed by atoms with Crippen molar-refractivity contribution >= 4 is 15.9 Å². The molecule has 1 aromatic rings. The van der Waals surface area contributed by atoms with E-state index >= 15 is 0 Å². The molecule has 0 atom stereocenters. The Kier molecular flexibility index (Phi) is 2.25. The van der Waals surface area contributed by atoms with Gasteiger partial charge in [-0.25, -0.2) is 4.39 Å². The topological polar surface area (TPSA) is 60.2 Å². The Morgan fingerprint density at radius 2 is 1.92 bits per heavy atom. The maximum atomic E-state index is 12.8. The zero-order valence-corrected chi connectivity index (χ0v) is 7.53. The Morgan fingerprint density at radius 3 is 2.38 bits per heavy atom. The molecule has 0 spiro atoms. The van der Waals surface area contributed by atoms with Gasteiger partial charge in [0.05, 0.1) is 5.69 Å². The Hall–Kier alpha value is -1.17. The average Bonchev–Trinajstić information content (AvgIpc) is 1.94. The highest BCUT2D eigenvalue weighted by molar-refractivity contribution is 7.86. The molecule has 3 nitrogen and oxygen atoms in total. The molecule has 0 aliphatic carbocycles. The zero-order chi connectivity index (χ0) is 10.2. The van der Waals surface area contributed by atoms with Gasteiger partial charge in [-0.15, -0.1) is 3.89 Å². The number of anilines is 1. The molecule has 72 valence electrons. The first-order valence-electron chi connectivity index (χ1n) is 3.32. The van der Waals surface area contributed by atoms with E-state index in [1.807, 2.05) is 0 Å². The third kappa shape index (κ3) is 1.95. The summed E-state index contributed by atoms with van der Waals surface area (Å²) in [6.45, 7) is 1.40. The lowest BCUT2D eigenvalue weighted by atomic mass is 10.2. The fourth-order valence-electron chi connectivity index (χ4n) is 0.897. The van der Waals surface area contributed by atoms with Gasteiger partial charge in [-0.1, -0.05) is 0 Å². The number of aryl methyl sites for hydroxylation is 1. The molecule has 0 saturated heterocycles. The molecule has 1 aromatic carbocycles. The van der Waals surface area contributed by atoms with E-state index < -0.39 is 20.9 Å². The number of halogens is 2. The van der Waals surface area contributed by atoms with Crippen molar-refractivity contribution in [3.05, 3.63) is 23.5 Å². The molecule has 0 fully saturated rings. The molecule has 0 aliphatic rings. The van der Waals surface area contributed by atoms with Crippen LogP contribution in [0.15, 0.2) is 17.0 Å². The fraction of sp³-hybridized carbons (Fsp3) is 0.143. The Morgan fingerprint density at radius 1 is 1.38 bits per heavy atom. The van der Waals surface area contributed by atoms with Crippen LogP contribution in [0, 0.1) is 12.7 Å². The molecule has 0 amide bonds. The van der Waals surface area contributed by atoms with Crippen molar-refractivity contribution < 1.29 is 16.7 Å². The Bertz CT molecular complexity index is 442. The maximum Gasteiger partial charge on any atom is 0.334 e. The van der Waals surface area contributed by atoms with Crippen molar-refractivity contribution in [2.24, 2.45) is 0 Å². The molecule has 0 saturated carbocycles. The second-order valence-electron chi connectivity index (χ2n) is 2.58. The summed E-state index contributed by atoms with van der Waals surface area (Å²) in [7, 11) is -4.94. The van der Waals surface area contributed by atoms with Crippen LogP contribution in [0.25, 0.3) is 0 Å². The van der Waals surface area contributed by atoms with E-state index in [-0.39, 0.29) is 11.3 Å². The first-order valence-corrected chi connectivity index (χ1v) is 4.71. The van der Waals surface area contributed by atoms with Crippen molar-refractivity contribution in [2.45, 2.75) is 11.8 Å². The van der Waals surface area contributed by atoms with Crippen molar-refractivity contribution in [2.75, 3.05) is 5.73 Å². The quantitative estimate of drug-likeness (QED) is 0.559. The molecule has 0 radical (unpaired) electrons. The second-order valence-corrected chi connectivity index (χ2v) is 3.89. The summed E-state index contributed by atoms with van der Waals surface area (Å²) in [5.74, 6) is -0.801. The summed E-state index contributed by atoms with van der Waals surface area (Å²) >= 11 is 0. The molecule has 13 heavy (non-hydrogen) atoms. The molecule has 0 unspecified atom stereocenters. The van der Waals surface area contributed by atoms with E-state index in [1.165, 1.54) is 6.92 Å². The SMILES string of the molecule is Cc1cc(N)c(S(=O)(=O)F)cc1F. The molecular formula is C7H7F2NO2S. The lowest BCUT2D eigenvalue weighted by molar-refractivity contribution is 0.549. The monoisotopic (exact) mass is 207 g/mol. The minimum Gasteiger partial charge on any atom is -0.398 e. The number of hydrogen-bond acceptors (Lipinski definition) is 3. The highest BCUT2D eigenvalue weighted by atomic mass is 32.3. The smallest absolute Gasteiger partial charge is 0.334 e. The molecule has 0 aromatic heterocycles. The Labute approximate surface area is 74.4 Å². The number of rotatable bonds is 1. The first kappa shape index (κ1) is 9.91. The average molecular weight is 207 g/mol. The summed E-state index contributed by atoms with van der Waals surface area (Å²) in [5, 5.41) is 0. The molecule has 1 rings (SSSR count). The highest BCUT2D eigenvalue weighted by Crippen LogP contribution is 2.23. The van der Waals surface area contributed by atoms with Gasteiger partial charge in [0.2, 0.25) is 0 Å². The van der Waals surface area contributed by atoms with Crippen LogP contribution in [-0.4, -0.2) is 8.42 Å². The molecule has 2 N–H and O–H groups in total. The zero-order valence-electron chi connectivity index (χ0n) is 6.71. The molecule has 0 heterocycles. The molecular weight excluding hydrogens is 200 g/mol. The maximum absolute atomic E-state index is 12.8. The predicted molar refractivity (Wildman–Crippen MR) is 43.8 cm³/mol. The van der Waals surface area contributed by atoms with Crippen LogP contribution >= 0.6 is 0 Å². The number of hydrogen-bond donors (Lipinski definition) is 1. The Balaban J connectivity index is 3.50. The van der Waals surface area contributed by atoms with Crippen LogP contribution < -0.4 is 5.73 Å². The predicted octanol–water partition coefficient (Wildman–Crippen LogP) is 1.37. The highest BCUT2D eigenvalue weighted by Gasteiger charge is 2.17. The third-order valence-corrected chi connectivity index (χ3v) is 2.43. The van der Waals surface area contributed by atoms with Gasteiger partial charge < -0.3 is 5.73 Å². The van der Waals surface area contributed by atoms with Crippen LogP contribution in [0.2, 0.25) is 0 Å². The lowest BCUT2D eigenvalue weighted by Crippen LogP contribution is -2.01. The van der Waals surface area contributed by atoms with Crippen LogP contribution in [-0.2, 0) is 10.2 Å². The van der Waals surface area contributed by atoms with Gasteiger partial charge in [0.15, 0.2) is 0 Å². The van der Waals surface area contributed by atoms with Gasteiger partial charge in [0.1, 0.15) is 10.7 Å². The van der Waals surface area contributed by atoms with Crippen molar-refractivity contribution in [1.82, 2.24) is 0 Å². The van der Waals surface area contributed by atoms with Gasteiger partial charge in [0.25, 0.3) is 0 Å². The number of nitrogen functional groups attached to an aromatic ring is 1. The van der Waals surface area contributed by atoms with E-state index in [9.17, 15) is 16.7 Å².